The normalized spacial score (nSPS) is 22.1. The molecule has 1 N–H and O–H groups in total. The Balaban J connectivity index is 1.43. The molecule has 1 amide bonds. The van der Waals surface area contributed by atoms with Crippen molar-refractivity contribution in [1.82, 2.24) is 15.1 Å². The third kappa shape index (κ3) is 4.99. The van der Waals surface area contributed by atoms with Crippen LogP contribution in [0.1, 0.15) is 50.0 Å². The van der Waals surface area contributed by atoms with Crippen LogP contribution >= 0.6 is 0 Å². The van der Waals surface area contributed by atoms with Crippen LogP contribution in [0.3, 0.4) is 0 Å². The lowest BCUT2D eigenvalue weighted by molar-refractivity contribution is -0.384. The minimum atomic E-state index is -0.677. The van der Waals surface area contributed by atoms with E-state index in [-0.39, 0.29) is 42.3 Å². The zero-order valence-corrected chi connectivity index (χ0v) is 18.7. The van der Waals surface area contributed by atoms with Crippen LogP contribution in [-0.2, 0) is 9.53 Å². The molecule has 4 atom stereocenters. The maximum Gasteiger partial charge on any atom is 0.362 e. The molecule has 0 spiro atoms. The number of hydrogen-bond donors (Lipinski definition) is 1. The summed E-state index contributed by atoms with van der Waals surface area (Å²) in [6, 6.07) is 5.77. The quantitative estimate of drug-likeness (QED) is 0.349. The zero-order valence-electron chi connectivity index (χ0n) is 18.7. The molecule has 2 fully saturated rings. The first-order valence-electron chi connectivity index (χ1n) is 11.3. The highest BCUT2D eigenvalue weighted by atomic mass is 16.6. The largest absolute Gasteiger partial charge is 0.480 e. The van der Waals surface area contributed by atoms with Gasteiger partial charge in [0.15, 0.2) is 12.4 Å². The number of rotatable bonds is 9. The van der Waals surface area contributed by atoms with Gasteiger partial charge >= 0.3 is 5.97 Å². The summed E-state index contributed by atoms with van der Waals surface area (Å²) < 4.78 is 12.1. The van der Waals surface area contributed by atoms with E-state index < -0.39 is 10.9 Å². The Kier molecular flexibility index (Phi) is 6.62. The van der Waals surface area contributed by atoms with Gasteiger partial charge in [-0.3, -0.25) is 14.9 Å². The predicted molar refractivity (Wildman–Crippen MR) is 118 cm³/mol. The molecule has 1 aromatic carbocycles. The van der Waals surface area contributed by atoms with Crippen molar-refractivity contribution in [3.63, 3.8) is 0 Å². The SMILES string of the molecule is CCOC(=O)c1nn(-c2ccc([N+](=O)[O-])cc2)cc1OCC(=O)NC(C)C1CC2CCC1C2. The van der Waals surface area contributed by atoms with Gasteiger partial charge in [-0.25, -0.2) is 9.48 Å². The van der Waals surface area contributed by atoms with Crippen LogP contribution in [-0.4, -0.2) is 45.8 Å². The summed E-state index contributed by atoms with van der Waals surface area (Å²) in [5.74, 6) is 1.17. The third-order valence-corrected chi connectivity index (χ3v) is 6.66. The number of hydrogen-bond acceptors (Lipinski definition) is 7. The third-order valence-electron chi connectivity index (χ3n) is 6.66. The van der Waals surface area contributed by atoms with Gasteiger partial charge in [0.2, 0.25) is 5.69 Å². The molecular weight excluding hydrogens is 428 g/mol. The summed E-state index contributed by atoms with van der Waals surface area (Å²) in [6.07, 6.45) is 6.45. The molecule has 2 aliphatic carbocycles. The summed E-state index contributed by atoms with van der Waals surface area (Å²) in [6.45, 7) is 3.62. The number of carbonyl (C=O) groups is 2. The van der Waals surface area contributed by atoms with Gasteiger partial charge < -0.3 is 14.8 Å². The number of fused-ring (bicyclic) bond motifs is 2. The van der Waals surface area contributed by atoms with Crippen molar-refractivity contribution >= 4 is 17.6 Å². The highest BCUT2D eigenvalue weighted by molar-refractivity contribution is 5.90. The number of esters is 1. The number of carbonyl (C=O) groups excluding carboxylic acids is 2. The van der Waals surface area contributed by atoms with Crippen molar-refractivity contribution in [2.24, 2.45) is 17.8 Å². The Morgan fingerprint density at radius 1 is 1.27 bits per heavy atom. The van der Waals surface area contributed by atoms with E-state index >= 15 is 0 Å². The van der Waals surface area contributed by atoms with E-state index in [0.29, 0.717) is 17.5 Å². The maximum atomic E-state index is 12.5. The molecule has 2 aliphatic rings. The number of nitrogens with one attached hydrogen (secondary N) is 1. The average molecular weight is 456 g/mol. The van der Waals surface area contributed by atoms with E-state index in [9.17, 15) is 19.7 Å². The van der Waals surface area contributed by atoms with Gasteiger partial charge in [-0.15, -0.1) is 0 Å². The standard InChI is InChI=1S/C23H28N4O6/c1-3-32-23(29)22-20(12-26(25-22)17-6-8-18(9-7-17)27(30)31)33-13-21(28)24-14(2)19-11-15-4-5-16(19)10-15/h6-9,12,14-16,19H,3-5,10-11,13H2,1-2H3,(H,24,28). The fourth-order valence-electron chi connectivity index (χ4n) is 5.12. The molecular formula is C23H28N4O6. The number of nitro groups is 1. The van der Waals surface area contributed by atoms with Gasteiger partial charge in [-0.2, -0.15) is 5.10 Å². The molecule has 33 heavy (non-hydrogen) atoms. The molecule has 176 valence electrons. The molecule has 2 aromatic rings. The molecule has 1 heterocycles. The Morgan fingerprint density at radius 3 is 2.64 bits per heavy atom. The lowest BCUT2D eigenvalue weighted by Crippen LogP contribution is -2.42. The van der Waals surface area contributed by atoms with Crippen LogP contribution < -0.4 is 10.1 Å². The van der Waals surface area contributed by atoms with Crippen LogP contribution in [0.15, 0.2) is 30.5 Å². The van der Waals surface area contributed by atoms with E-state index in [4.69, 9.17) is 9.47 Å². The van der Waals surface area contributed by atoms with Crippen molar-refractivity contribution in [2.45, 2.75) is 45.6 Å². The lowest BCUT2D eigenvalue weighted by Gasteiger charge is -2.28. The van der Waals surface area contributed by atoms with Gasteiger partial charge in [0.1, 0.15) is 0 Å². The Hall–Kier alpha value is -3.43. The second-order valence-electron chi connectivity index (χ2n) is 8.76. The predicted octanol–water partition coefficient (Wildman–Crippen LogP) is 3.28. The van der Waals surface area contributed by atoms with Crippen LogP contribution in [0.4, 0.5) is 5.69 Å². The Labute approximate surface area is 191 Å². The Morgan fingerprint density at radius 2 is 2.03 bits per heavy atom. The first-order chi connectivity index (χ1) is 15.9. The van der Waals surface area contributed by atoms with Gasteiger partial charge in [0, 0.05) is 18.2 Å². The number of amides is 1. The van der Waals surface area contributed by atoms with Crippen molar-refractivity contribution in [1.29, 1.82) is 0 Å². The van der Waals surface area contributed by atoms with Gasteiger partial charge in [0.25, 0.3) is 11.6 Å². The van der Waals surface area contributed by atoms with Crippen LogP contribution in [0.2, 0.25) is 0 Å². The molecule has 0 aliphatic heterocycles. The van der Waals surface area contributed by atoms with E-state index in [0.717, 1.165) is 5.92 Å². The molecule has 1 aromatic heterocycles. The number of ether oxygens (including phenoxy) is 2. The minimum Gasteiger partial charge on any atom is -0.480 e. The number of nitrogens with zero attached hydrogens (tertiary/aromatic N) is 3. The molecule has 4 rings (SSSR count). The highest BCUT2D eigenvalue weighted by Crippen LogP contribution is 2.49. The summed E-state index contributed by atoms with van der Waals surface area (Å²) in [5, 5.41) is 18.1. The summed E-state index contributed by atoms with van der Waals surface area (Å²) in [5.41, 5.74) is 0.369. The van der Waals surface area contributed by atoms with Crippen LogP contribution in [0.25, 0.3) is 5.69 Å². The zero-order chi connectivity index (χ0) is 23.5. The summed E-state index contributed by atoms with van der Waals surface area (Å²) >= 11 is 0. The van der Waals surface area contributed by atoms with E-state index in [2.05, 4.69) is 10.4 Å². The molecule has 2 saturated carbocycles. The molecule has 0 saturated heterocycles. The van der Waals surface area contributed by atoms with E-state index in [1.54, 1.807) is 6.92 Å². The number of non-ortho nitro benzene ring substituents is 1. The van der Waals surface area contributed by atoms with Gasteiger partial charge in [-0.05, 0) is 63.0 Å². The second-order valence-corrected chi connectivity index (χ2v) is 8.76. The van der Waals surface area contributed by atoms with Gasteiger partial charge in [-0.1, -0.05) is 6.42 Å². The molecule has 10 heteroatoms. The fourth-order valence-corrected chi connectivity index (χ4v) is 5.12. The first kappa shape index (κ1) is 22.8. The van der Waals surface area contributed by atoms with E-state index in [1.807, 2.05) is 6.92 Å². The number of benzene rings is 1. The van der Waals surface area contributed by atoms with E-state index in [1.165, 1.54) is 60.8 Å². The fraction of sp³-hybridized carbons (Fsp3) is 0.522. The molecule has 10 nitrogen and oxygen atoms in total. The second kappa shape index (κ2) is 9.60. The number of aromatic nitrogens is 2. The first-order valence-corrected chi connectivity index (χ1v) is 11.3. The topological polar surface area (TPSA) is 126 Å². The molecule has 0 radical (unpaired) electrons. The Bertz CT molecular complexity index is 1030. The lowest BCUT2D eigenvalue weighted by atomic mass is 9.84. The van der Waals surface area contributed by atoms with Gasteiger partial charge in [0.05, 0.1) is 23.4 Å². The summed E-state index contributed by atoms with van der Waals surface area (Å²) in [4.78, 5) is 35.3. The van der Waals surface area contributed by atoms with Crippen molar-refractivity contribution < 1.29 is 24.0 Å². The van der Waals surface area contributed by atoms with Crippen LogP contribution in [0, 0.1) is 27.9 Å². The number of nitro benzene ring substituents is 1. The van der Waals surface area contributed by atoms with Crippen molar-refractivity contribution in [2.75, 3.05) is 13.2 Å². The molecule has 4 unspecified atom stereocenters. The average Bonchev–Trinajstić information content (AvgIpc) is 3.53. The monoisotopic (exact) mass is 456 g/mol. The molecule has 2 bridgehead atoms. The maximum absolute atomic E-state index is 12.5. The highest BCUT2D eigenvalue weighted by Gasteiger charge is 2.42. The summed E-state index contributed by atoms with van der Waals surface area (Å²) in [7, 11) is 0. The van der Waals surface area contributed by atoms with Crippen LogP contribution in [0.5, 0.6) is 5.75 Å². The van der Waals surface area contributed by atoms with Crippen molar-refractivity contribution in [3.8, 4) is 11.4 Å². The minimum absolute atomic E-state index is 0.0609. The van der Waals surface area contributed by atoms with Crippen molar-refractivity contribution in [3.05, 3.63) is 46.3 Å². The smallest absolute Gasteiger partial charge is 0.362 e.